The monoisotopic (exact) mass is 296 g/mol. The normalized spacial score (nSPS) is 21.8. The van der Waals surface area contributed by atoms with E-state index in [1.165, 1.54) is 19.3 Å². The molecule has 1 saturated carbocycles. The molecule has 2 atom stereocenters. The van der Waals surface area contributed by atoms with Gasteiger partial charge in [0.05, 0.1) is 11.1 Å². The molecule has 1 fully saturated rings. The summed E-state index contributed by atoms with van der Waals surface area (Å²) in [6.07, 6.45) is 4.79. The molecule has 116 valence electrons. The Morgan fingerprint density at radius 1 is 1.18 bits per heavy atom. The van der Waals surface area contributed by atoms with Gasteiger partial charge < -0.3 is 5.32 Å². The van der Waals surface area contributed by atoms with E-state index in [1.807, 2.05) is 32.0 Å². The predicted octanol–water partition coefficient (Wildman–Crippen LogP) is 4.16. The fraction of sp³-hybridized carbons (Fsp3) is 0.474. The van der Waals surface area contributed by atoms with Crippen LogP contribution in [-0.2, 0) is 0 Å². The highest BCUT2D eigenvalue weighted by molar-refractivity contribution is 6.06. The molecular formula is C19H24N2O. The highest BCUT2D eigenvalue weighted by atomic mass is 16.1. The van der Waals surface area contributed by atoms with E-state index in [4.69, 9.17) is 0 Å². The molecule has 1 heterocycles. The Balaban J connectivity index is 1.94. The second-order valence-corrected chi connectivity index (χ2v) is 6.67. The van der Waals surface area contributed by atoms with Gasteiger partial charge in [0.15, 0.2) is 0 Å². The van der Waals surface area contributed by atoms with Crippen LogP contribution >= 0.6 is 0 Å². The van der Waals surface area contributed by atoms with Crippen LogP contribution in [0.5, 0.6) is 0 Å². The minimum absolute atomic E-state index is 0.0415. The Labute approximate surface area is 132 Å². The number of nitrogens with one attached hydrogen (secondary N) is 1. The molecule has 1 aliphatic carbocycles. The maximum absolute atomic E-state index is 12.8. The lowest BCUT2D eigenvalue weighted by Gasteiger charge is -2.29. The number of hydrogen-bond acceptors (Lipinski definition) is 2. The number of carbonyl (C=O) groups is 1. The van der Waals surface area contributed by atoms with Crippen LogP contribution in [0.3, 0.4) is 0 Å². The Bertz CT molecular complexity index is 708. The molecule has 1 aromatic heterocycles. The van der Waals surface area contributed by atoms with Gasteiger partial charge in [-0.3, -0.25) is 9.78 Å². The topological polar surface area (TPSA) is 42.0 Å². The number of pyridine rings is 1. The van der Waals surface area contributed by atoms with Crippen LogP contribution in [0.4, 0.5) is 0 Å². The maximum atomic E-state index is 12.8. The third kappa shape index (κ3) is 2.99. The average molecular weight is 296 g/mol. The minimum atomic E-state index is 0.0415. The van der Waals surface area contributed by atoms with Crippen LogP contribution in [-0.4, -0.2) is 16.9 Å². The third-order valence-electron chi connectivity index (χ3n) is 4.76. The summed E-state index contributed by atoms with van der Waals surface area (Å²) >= 11 is 0. The van der Waals surface area contributed by atoms with Crippen LogP contribution in [0.2, 0.25) is 0 Å². The van der Waals surface area contributed by atoms with Gasteiger partial charge in [0.1, 0.15) is 0 Å². The number of nitrogens with zero attached hydrogens (tertiary/aromatic N) is 1. The molecule has 1 aromatic carbocycles. The van der Waals surface area contributed by atoms with Gasteiger partial charge in [-0.2, -0.15) is 0 Å². The molecule has 2 aromatic rings. The largest absolute Gasteiger partial charge is 0.349 e. The van der Waals surface area contributed by atoms with E-state index in [2.05, 4.69) is 23.3 Å². The van der Waals surface area contributed by atoms with Gasteiger partial charge in [-0.05, 0) is 50.8 Å². The average Bonchev–Trinajstić information content (AvgIpc) is 2.49. The number of rotatable bonds is 2. The smallest absolute Gasteiger partial charge is 0.252 e. The lowest BCUT2D eigenvalue weighted by Crippen LogP contribution is -2.41. The van der Waals surface area contributed by atoms with Crippen molar-refractivity contribution < 1.29 is 4.79 Å². The number of hydrogen-bond donors (Lipinski definition) is 1. The summed E-state index contributed by atoms with van der Waals surface area (Å²) in [7, 11) is 0. The summed E-state index contributed by atoms with van der Waals surface area (Å²) in [6, 6.07) is 8.30. The van der Waals surface area contributed by atoms with Crippen molar-refractivity contribution in [2.24, 2.45) is 5.92 Å². The molecule has 3 nitrogen and oxygen atoms in total. The van der Waals surface area contributed by atoms with Crippen LogP contribution < -0.4 is 5.32 Å². The molecule has 0 unspecified atom stereocenters. The third-order valence-corrected chi connectivity index (χ3v) is 4.76. The zero-order valence-corrected chi connectivity index (χ0v) is 13.6. The van der Waals surface area contributed by atoms with Gasteiger partial charge in [-0.1, -0.05) is 31.4 Å². The van der Waals surface area contributed by atoms with Crippen molar-refractivity contribution in [3.05, 3.63) is 41.1 Å². The molecule has 22 heavy (non-hydrogen) atoms. The van der Waals surface area contributed by atoms with Crippen molar-refractivity contribution >= 4 is 16.8 Å². The number of aryl methyl sites for hydroxylation is 2. The lowest BCUT2D eigenvalue weighted by atomic mass is 9.86. The van der Waals surface area contributed by atoms with E-state index < -0.39 is 0 Å². The molecule has 3 rings (SSSR count). The predicted molar refractivity (Wildman–Crippen MR) is 90.1 cm³/mol. The second kappa shape index (κ2) is 6.07. The Kier molecular flexibility index (Phi) is 4.14. The summed E-state index contributed by atoms with van der Waals surface area (Å²) in [5, 5.41) is 4.21. The fourth-order valence-electron chi connectivity index (χ4n) is 3.44. The molecule has 0 aliphatic heterocycles. The highest BCUT2D eigenvalue weighted by Crippen LogP contribution is 2.25. The summed E-state index contributed by atoms with van der Waals surface area (Å²) in [4.78, 5) is 17.3. The van der Waals surface area contributed by atoms with Crippen LogP contribution in [0.15, 0.2) is 24.3 Å². The van der Waals surface area contributed by atoms with E-state index in [0.717, 1.165) is 34.1 Å². The number of fused-ring (bicyclic) bond motifs is 1. The summed E-state index contributed by atoms with van der Waals surface area (Å²) in [5.74, 6) is 0.605. The number of aromatic nitrogens is 1. The van der Waals surface area contributed by atoms with E-state index >= 15 is 0 Å². The van der Waals surface area contributed by atoms with Gasteiger partial charge in [0, 0.05) is 17.1 Å². The van der Waals surface area contributed by atoms with E-state index in [9.17, 15) is 4.79 Å². The lowest BCUT2D eigenvalue weighted by molar-refractivity contribution is 0.0912. The summed E-state index contributed by atoms with van der Waals surface area (Å²) in [5.41, 5.74) is 3.69. The summed E-state index contributed by atoms with van der Waals surface area (Å²) in [6.45, 7) is 6.23. The molecule has 1 amide bonds. The van der Waals surface area contributed by atoms with E-state index in [0.29, 0.717) is 12.0 Å². The SMILES string of the molecule is Cc1ccc2nc(C)cc(C(=O)N[C@H]3CCCC[C@@H]3C)c2c1. The first-order valence-electron chi connectivity index (χ1n) is 8.23. The van der Waals surface area contributed by atoms with Crippen molar-refractivity contribution in [3.63, 3.8) is 0 Å². The first-order chi connectivity index (χ1) is 10.5. The van der Waals surface area contributed by atoms with Crippen molar-refractivity contribution in [1.29, 1.82) is 0 Å². The van der Waals surface area contributed by atoms with Gasteiger partial charge in [-0.15, -0.1) is 0 Å². The number of benzene rings is 1. The maximum Gasteiger partial charge on any atom is 0.252 e. The van der Waals surface area contributed by atoms with Gasteiger partial charge in [0.25, 0.3) is 5.91 Å². The quantitative estimate of drug-likeness (QED) is 0.904. The molecule has 3 heteroatoms. The van der Waals surface area contributed by atoms with Crippen molar-refractivity contribution in [3.8, 4) is 0 Å². The second-order valence-electron chi connectivity index (χ2n) is 6.67. The van der Waals surface area contributed by atoms with Gasteiger partial charge in [-0.25, -0.2) is 0 Å². The van der Waals surface area contributed by atoms with Crippen LogP contribution in [0.1, 0.15) is 54.2 Å². The standard InChI is InChI=1S/C19H24N2O/c1-12-8-9-18-15(10-12)16(11-14(3)20-18)19(22)21-17-7-5-4-6-13(17)2/h8-11,13,17H,4-7H2,1-3H3,(H,21,22)/t13-,17-/m0/s1. The van der Waals surface area contributed by atoms with E-state index in [1.54, 1.807) is 0 Å². The van der Waals surface area contributed by atoms with Crippen LogP contribution in [0.25, 0.3) is 10.9 Å². The first kappa shape index (κ1) is 15.0. The van der Waals surface area contributed by atoms with Crippen LogP contribution in [0, 0.1) is 19.8 Å². The van der Waals surface area contributed by atoms with Crippen molar-refractivity contribution in [1.82, 2.24) is 10.3 Å². The zero-order valence-electron chi connectivity index (χ0n) is 13.6. The minimum Gasteiger partial charge on any atom is -0.349 e. The molecule has 0 radical (unpaired) electrons. The molecule has 1 aliphatic rings. The Morgan fingerprint density at radius 3 is 2.73 bits per heavy atom. The summed E-state index contributed by atoms with van der Waals surface area (Å²) < 4.78 is 0. The van der Waals surface area contributed by atoms with Gasteiger partial charge >= 0.3 is 0 Å². The van der Waals surface area contributed by atoms with E-state index in [-0.39, 0.29) is 5.91 Å². The molecular weight excluding hydrogens is 272 g/mol. The Hall–Kier alpha value is -1.90. The first-order valence-corrected chi connectivity index (χ1v) is 8.23. The zero-order chi connectivity index (χ0) is 15.7. The molecule has 0 bridgehead atoms. The van der Waals surface area contributed by atoms with Crippen molar-refractivity contribution in [2.75, 3.05) is 0 Å². The highest BCUT2D eigenvalue weighted by Gasteiger charge is 2.24. The molecule has 1 N–H and O–H groups in total. The van der Waals surface area contributed by atoms with Crippen molar-refractivity contribution in [2.45, 2.75) is 52.5 Å². The number of carbonyl (C=O) groups excluding carboxylic acids is 1. The fourth-order valence-corrected chi connectivity index (χ4v) is 3.44. The number of amides is 1. The molecule has 0 saturated heterocycles. The van der Waals surface area contributed by atoms with Gasteiger partial charge in [0.2, 0.25) is 0 Å². The molecule has 0 spiro atoms. The Morgan fingerprint density at radius 2 is 1.95 bits per heavy atom.